The van der Waals surface area contributed by atoms with Crippen LogP contribution >= 0.6 is 0 Å². The number of benzene rings is 1. The Bertz CT molecular complexity index is 755. The summed E-state index contributed by atoms with van der Waals surface area (Å²) in [5.41, 5.74) is 2.75. The van der Waals surface area contributed by atoms with Crippen molar-refractivity contribution < 1.29 is 9.53 Å². The van der Waals surface area contributed by atoms with Gasteiger partial charge in [-0.15, -0.1) is 0 Å². The van der Waals surface area contributed by atoms with Gasteiger partial charge in [0.05, 0.1) is 12.2 Å². The summed E-state index contributed by atoms with van der Waals surface area (Å²) < 4.78 is 5.79. The Morgan fingerprint density at radius 1 is 1.13 bits per heavy atom. The highest BCUT2D eigenvalue weighted by atomic mass is 16.5. The molecule has 1 spiro atoms. The first-order valence-electron chi connectivity index (χ1n) is 11.5. The lowest BCUT2D eigenvalue weighted by Crippen LogP contribution is -2.49. The lowest BCUT2D eigenvalue weighted by molar-refractivity contribution is -0.145. The van der Waals surface area contributed by atoms with Gasteiger partial charge in [0, 0.05) is 45.3 Å². The number of likely N-dealkylation sites (tertiary alicyclic amines) is 1. The number of hydrogen-bond acceptors (Lipinski definition) is 4. The fraction of sp³-hybridized carbons (Fsp3) is 0.640. The van der Waals surface area contributed by atoms with Crippen molar-refractivity contribution in [3.8, 4) is 0 Å². The first kappa shape index (κ1) is 21.4. The standard InChI is InChI=1S/C25H37N3O2/c1-19-17-28(18-20(2)30-19)24(29)23-16-25(23)11-14-27(15-12-25)13-5-6-21-7-9-22(10-8-21)26(3)4/h5-10,19-20,23H,11-18H2,1-4H3/b6-5+/t19-,20+,23?. The van der Waals surface area contributed by atoms with E-state index in [1.165, 1.54) is 11.3 Å². The molecule has 1 aliphatic carbocycles. The fourth-order valence-corrected chi connectivity index (χ4v) is 5.23. The molecule has 5 heteroatoms. The molecule has 2 heterocycles. The Hall–Kier alpha value is -1.85. The SMILES string of the molecule is C[C@@H]1CN(C(=O)C2CC23CCN(C/C=C/c2ccc(N(C)C)cc2)CC3)C[C@H](C)O1. The van der Waals surface area contributed by atoms with E-state index in [0.717, 1.165) is 52.0 Å². The maximum absolute atomic E-state index is 13.0. The summed E-state index contributed by atoms with van der Waals surface area (Å²) in [6.45, 7) is 8.84. The summed E-state index contributed by atoms with van der Waals surface area (Å²) in [5.74, 6) is 0.634. The number of carbonyl (C=O) groups excluding carboxylic acids is 1. The van der Waals surface area contributed by atoms with Crippen LogP contribution in [0.3, 0.4) is 0 Å². The molecule has 1 unspecified atom stereocenters. The summed E-state index contributed by atoms with van der Waals surface area (Å²) in [5, 5.41) is 0. The molecule has 1 saturated carbocycles. The van der Waals surface area contributed by atoms with Gasteiger partial charge in [-0.1, -0.05) is 24.3 Å². The van der Waals surface area contributed by atoms with Crippen molar-refractivity contribution in [3.63, 3.8) is 0 Å². The van der Waals surface area contributed by atoms with Gasteiger partial charge in [-0.3, -0.25) is 9.69 Å². The molecule has 3 fully saturated rings. The molecule has 1 aromatic rings. The van der Waals surface area contributed by atoms with Crippen LogP contribution in [0, 0.1) is 11.3 Å². The molecule has 0 bridgehead atoms. The van der Waals surface area contributed by atoms with Gasteiger partial charge in [0.25, 0.3) is 0 Å². The second kappa shape index (κ2) is 8.72. The number of hydrogen-bond donors (Lipinski definition) is 0. The van der Waals surface area contributed by atoms with Crippen LogP contribution in [0.1, 0.15) is 38.7 Å². The monoisotopic (exact) mass is 411 g/mol. The second-order valence-corrected chi connectivity index (χ2v) is 9.81. The van der Waals surface area contributed by atoms with Gasteiger partial charge in [0.15, 0.2) is 0 Å². The predicted octanol–water partition coefficient (Wildman–Crippen LogP) is 3.50. The summed E-state index contributed by atoms with van der Waals surface area (Å²) in [7, 11) is 4.13. The molecule has 1 aromatic carbocycles. The number of nitrogens with zero attached hydrogens (tertiary/aromatic N) is 3. The van der Waals surface area contributed by atoms with Crippen molar-refractivity contribution in [3.05, 3.63) is 35.9 Å². The first-order chi connectivity index (χ1) is 14.4. The number of amides is 1. The zero-order chi connectivity index (χ0) is 21.3. The molecule has 30 heavy (non-hydrogen) atoms. The minimum absolute atomic E-state index is 0.153. The van der Waals surface area contributed by atoms with Crippen LogP contribution in [0.5, 0.6) is 0 Å². The fourth-order valence-electron chi connectivity index (χ4n) is 5.23. The third-order valence-corrected chi connectivity index (χ3v) is 7.15. The van der Waals surface area contributed by atoms with Gasteiger partial charge in [-0.25, -0.2) is 0 Å². The first-order valence-corrected chi connectivity index (χ1v) is 11.5. The van der Waals surface area contributed by atoms with Gasteiger partial charge in [0.2, 0.25) is 5.91 Å². The largest absolute Gasteiger partial charge is 0.378 e. The van der Waals surface area contributed by atoms with E-state index in [0.29, 0.717) is 5.91 Å². The number of piperidine rings is 1. The van der Waals surface area contributed by atoms with E-state index in [1.807, 2.05) is 0 Å². The lowest BCUT2D eigenvalue weighted by atomic mass is 9.90. The number of morpholine rings is 1. The van der Waals surface area contributed by atoms with E-state index in [-0.39, 0.29) is 23.5 Å². The summed E-state index contributed by atoms with van der Waals surface area (Å²) >= 11 is 0. The average Bonchev–Trinajstić information content (AvgIpc) is 3.42. The summed E-state index contributed by atoms with van der Waals surface area (Å²) in [4.78, 5) is 19.7. The molecule has 0 radical (unpaired) electrons. The second-order valence-electron chi connectivity index (χ2n) is 9.81. The minimum Gasteiger partial charge on any atom is -0.378 e. The quantitative estimate of drug-likeness (QED) is 0.743. The van der Waals surface area contributed by atoms with E-state index in [2.05, 4.69) is 79.1 Å². The van der Waals surface area contributed by atoms with Crippen LogP contribution in [0.2, 0.25) is 0 Å². The predicted molar refractivity (Wildman–Crippen MR) is 123 cm³/mol. The molecule has 5 nitrogen and oxygen atoms in total. The Kier molecular flexibility index (Phi) is 6.21. The van der Waals surface area contributed by atoms with Crippen LogP contribution in [-0.2, 0) is 9.53 Å². The van der Waals surface area contributed by atoms with Crippen molar-refractivity contribution in [2.75, 3.05) is 51.7 Å². The molecular weight excluding hydrogens is 374 g/mol. The van der Waals surface area contributed by atoms with E-state index >= 15 is 0 Å². The Labute approximate surface area is 181 Å². The Morgan fingerprint density at radius 2 is 1.77 bits per heavy atom. The normalized spacial score (nSPS) is 28.8. The molecule has 1 amide bonds. The molecule has 2 aliphatic heterocycles. The Balaban J connectivity index is 1.23. The van der Waals surface area contributed by atoms with Gasteiger partial charge in [-0.05, 0) is 69.3 Å². The molecule has 3 aliphatic rings. The number of anilines is 1. The van der Waals surface area contributed by atoms with Crippen molar-refractivity contribution in [1.29, 1.82) is 0 Å². The number of carbonyl (C=O) groups is 1. The van der Waals surface area contributed by atoms with Gasteiger partial charge < -0.3 is 14.5 Å². The zero-order valence-corrected chi connectivity index (χ0v) is 19.0. The number of ether oxygens (including phenoxy) is 1. The molecular formula is C25H37N3O2. The van der Waals surface area contributed by atoms with Crippen molar-refractivity contribution in [2.45, 2.75) is 45.3 Å². The molecule has 0 N–H and O–H groups in total. The third kappa shape index (κ3) is 4.73. The maximum atomic E-state index is 13.0. The van der Waals surface area contributed by atoms with E-state index < -0.39 is 0 Å². The van der Waals surface area contributed by atoms with Crippen LogP contribution < -0.4 is 4.90 Å². The smallest absolute Gasteiger partial charge is 0.226 e. The van der Waals surface area contributed by atoms with E-state index in [1.54, 1.807) is 0 Å². The highest BCUT2D eigenvalue weighted by molar-refractivity contribution is 5.83. The topological polar surface area (TPSA) is 36.0 Å². The highest BCUT2D eigenvalue weighted by Crippen LogP contribution is 2.60. The zero-order valence-electron chi connectivity index (χ0n) is 19.0. The maximum Gasteiger partial charge on any atom is 0.226 e. The minimum atomic E-state index is 0.153. The van der Waals surface area contributed by atoms with Crippen LogP contribution in [0.4, 0.5) is 5.69 Å². The Morgan fingerprint density at radius 3 is 2.37 bits per heavy atom. The average molecular weight is 412 g/mol. The lowest BCUT2D eigenvalue weighted by Gasteiger charge is -2.37. The van der Waals surface area contributed by atoms with Gasteiger partial charge in [0.1, 0.15) is 0 Å². The molecule has 164 valence electrons. The van der Waals surface area contributed by atoms with Crippen molar-refractivity contribution in [1.82, 2.24) is 9.80 Å². The van der Waals surface area contributed by atoms with Crippen molar-refractivity contribution >= 4 is 17.7 Å². The van der Waals surface area contributed by atoms with E-state index in [4.69, 9.17) is 4.74 Å². The van der Waals surface area contributed by atoms with Gasteiger partial charge in [-0.2, -0.15) is 0 Å². The molecule has 2 saturated heterocycles. The highest BCUT2D eigenvalue weighted by Gasteiger charge is 2.59. The van der Waals surface area contributed by atoms with Crippen LogP contribution in [0.15, 0.2) is 30.3 Å². The van der Waals surface area contributed by atoms with Crippen molar-refractivity contribution in [2.24, 2.45) is 11.3 Å². The number of rotatable bonds is 5. The third-order valence-electron chi connectivity index (χ3n) is 7.15. The van der Waals surface area contributed by atoms with Crippen LogP contribution in [-0.4, -0.2) is 74.7 Å². The summed E-state index contributed by atoms with van der Waals surface area (Å²) in [6.07, 6.45) is 8.20. The van der Waals surface area contributed by atoms with Crippen LogP contribution in [0.25, 0.3) is 6.08 Å². The van der Waals surface area contributed by atoms with E-state index in [9.17, 15) is 4.79 Å². The van der Waals surface area contributed by atoms with Gasteiger partial charge >= 0.3 is 0 Å². The molecule has 0 aromatic heterocycles. The molecule has 3 atom stereocenters. The summed E-state index contributed by atoms with van der Waals surface area (Å²) in [6, 6.07) is 8.66. The molecule has 4 rings (SSSR count).